The minimum absolute atomic E-state index is 0.0968. The van der Waals surface area contributed by atoms with E-state index >= 15 is 0 Å². The van der Waals surface area contributed by atoms with Gasteiger partial charge in [0.05, 0.1) is 5.56 Å². The van der Waals surface area contributed by atoms with Crippen molar-refractivity contribution in [2.75, 3.05) is 11.4 Å². The summed E-state index contributed by atoms with van der Waals surface area (Å²) in [5, 5.41) is 0. The van der Waals surface area contributed by atoms with Gasteiger partial charge in [-0.15, -0.1) is 0 Å². The SMILES string of the molecule is CC1CC(C)N(c2ccc(C(F)(F)F)c(CN)c2)C1. The van der Waals surface area contributed by atoms with Gasteiger partial charge in [0.15, 0.2) is 0 Å². The third-order valence-electron chi connectivity index (χ3n) is 3.73. The summed E-state index contributed by atoms with van der Waals surface area (Å²) in [6, 6.07) is 4.64. The lowest BCUT2D eigenvalue weighted by Gasteiger charge is -2.25. The molecule has 1 aliphatic rings. The maximum Gasteiger partial charge on any atom is 0.416 e. The Bertz CT molecular complexity index is 456. The molecule has 2 atom stereocenters. The minimum Gasteiger partial charge on any atom is -0.369 e. The number of halogens is 3. The largest absolute Gasteiger partial charge is 0.416 e. The van der Waals surface area contributed by atoms with Gasteiger partial charge in [-0.05, 0) is 43.0 Å². The molecule has 0 spiro atoms. The van der Waals surface area contributed by atoms with Crippen LogP contribution in [0.2, 0.25) is 0 Å². The number of anilines is 1. The van der Waals surface area contributed by atoms with Gasteiger partial charge in [0.25, 0.3) is 0 Å². The number of hydrogen-bond acceptors (Lipinski definition) is 2. The summed E-state index contributed by atoms with van der Waals surface area (Å²) in [6.07, 6.45) is -3.27. The molecule has 2 rings (SSSR count). The second kappa shape index (κ2) is 5.04. The van der Waals surface area contributed by atoms with E-state index in [1.54, 1.807) is 12.1 Å². The molecule has 5 heteroatoms. The smallest absolute Gasteiger partial charge is 0.369 e. The molecule has 2 unspecified atom stereocenters. The van der Waals surface area contributed by atoms with Crippen molar-refractivity contribution in [3.05, 3.63) is 29.3 Å². The zero-order valence-corrected chi connectivity index (χ0v) is 11.2. The average Bonchev–Trinajstić information content (AvgIpc) is 2.66. The highest BCUT2D eigenvalue weighted by Gasteiger charge is 2.34. The summed E-state index contributed by atoms with van der Waals surface area (Å²) >= 11 is 0. The molecular formula is C14H19F3N2. The van der Waals surface area contributed by atoms with Gasteiger partial charge in [0, 0.05) is 24.8 Å². The summed E-state index contributed by atoms with van der Waals surface area (Å²) in [7, 11) is 0. The van der Waals surface area contributed by atoms with E-state index in [9.17, 15) is 13.2 Å². The zero-order chi connectivity index (χ0) is 14.2. The standard InChI is InChI=1S/C14H19F3N2/c1-9-5-10(2)19(8-9)12-3-4-13(14(15,16)17)11(6-12)7-18/h3-4,6,9-10H,5,7-8,18H2,1-2H3. The first-order chi connectivity index (χ1) is 8.82. The van der Waals surface area contributed by atoms with E-state index in [4.69, 9.17) is 5.73 Å². The van der Waals surface area contributed by atoms with Crippen molar-refractivity contribution in [1.29, 1.82) is 0 Å². The summed E-state index contributed by atoms with van der Waals surface area (Å²) in [5.74, 6) is 0.568. The molecule has 1 fully saturated rings. The highest BCUT2D eigenvalue weighted by Crippen LogP contribution is 2.36. The van der Waals surface area contributed by atoms with E-state index in [0.29, 0.717) is 12.0 Å². The molecule has 1 saturated heterocycles. The molecule has 0 radical (unpaired) electrons. The fourth-order valence-corrected chi connectivity index (χ4v) is 2.86. The van der Waals surface area contributed by atoms with Crippen LogP contribution in [0.3, 0.4) is 0 Å². The van der Waals surface area contributed by atoms with Crippen molar-refractivity contribution < 1.29 is 13.2 Å². The van der Waals surface area contributed by atoms with Crippen LogP contribution in [0.15, 0.2) is 18.2 Å². The van der Waals surface area contributed by atoms with Crippen molar-refractivity contribution in [3.8, 4) is 0 Å². The highest BCUT2D eigenvalue weighted by molar-refractivity contribution is 5.53. The van der Waals surface area contributed by atoms with Crippen LogP contribution in [0, 0.1) is 5.92 Å². The first-order valence-corrected chi connectivity index (χ1v) is 6.49. The van der Waals surface area contributed by atoms with Crippen molar-refractivity contribution in [3.63, 3.8) is 0 Å². The average molecular weight is 272 g/mol. The van der Waals surface area contributed by atoms with Crippen LogP contribution in [0.25, 0.3) is 0 Å². The molecule has 106 valence electrons. The lowest BCUT2D eigenvalue weighted by atomic mass is 10.1. The van der Waals surface area contributed by atoms with Crippen LogP contribution < -0.4 is 10.6 Å². The molecule has 0 aliphatic carbocycles. The Balaban J connectivity index is 2.34. The molecule has 0 saturated carbocycles. The molecule has 2 nitrogen and oxygen atoms in total. The van der Waals surface area contributed by atoms with Crippen LogP contribution in [-0.2, 0) is 12.7 Å². The van der Waals surface area contributed by atoms with E-state index in [1.807, 2.05) is 0 Å². The second-order valence-electron chi connectivity index (χ2n) is 5.39. The molecule has 0 bridgehead atoms. The first-order valence-electron chi connectivity index (χ1n) is 6.49. The van der Waals surface area contributed by atoms with E-state index in [2.05, 4.69) is 18.7 Å². The number of nitrogens with two attached hydrogens (primary N) is 1. The Hall–Kier alpha value is -1.23. The van der Waals surface area contributed by atoms with E-state index in [0.717, 1.165) is 24.7 Å². The molecule has 19 heavy (non-hydrogen) atoms. The quantitative estimate of drug-likeness (QED) is 0.894. The Morgan fingerprint density at radius 2 is 2.00 bits per heavy atom. The van der Waals surface area contributed by atoms with Gasteiger partial charge in [-0.2, -0.15) is 13.2 Å². The second-order valence-corrected chi connectivity index (χ2v) is 5.39. The first kappa shape index (κ1) is 14.2. The number of alkyl halides is 3. The maximum atomic E-state index is 12.8. The summed E-state index contributed by atoms with van der Waals surface area (Å²) in [4.78, 5) is 2.16. The van der Waals surface area contributed by atoms with Crippen molar-refractivity contribution >= 4 is 5.69 Å². The van der Waals surface area contributed by atoms with Gasteiger partial charge in [0.1, 0.15) is 0 Å². The molecule has 1 aromatic rings. The van der Waals surface area contributed by atoms with Gasteiger partial charge < -0.3 is 10.6 Å². The number of nitrogens with zero attached hydrogens (tertiary/aromatic N) is 1. The van der Waals surface area contributed by atoms with Crippen LogP contribution in [-0.4, -0.2) is 12.6 Å². The van der Waals surface area contributed by atoms with Gasteiger partial charge in [-0.25, -0.2) is 0 Å². The zero-order valence-electron chi connectivity index (χ0n) is 11.2. The molecule has 1 heterocycles. The third-order valence-corrected chi connectivity index (χ3v) is 3.73. The third kappa shape index (κ3) is 2.86. The topological polar surface area (TPSA) is 29.3 Å². The monoisotopic (exact) mass is 272 g/mol. The van der Waals surface area contributed by atoms with Crippen LogP contribution in [0.5, 0.6) is 0 Å². The van der Waals surface area contributed by atoms with Gasteiger partial charge in [-0.3, -0.25) is 0 Å². The number of rotatable bonds is 2. The van der Waals surface area contributed by atoms with E-state index in [1.165, 1.54) is 0 Å². The Labute approximate surface area is 111 Å². The Morgan fingerprint density at radius 3 is 2.47 bits per heavy atom. The van der Waals surface area contributed by atoms with Gasteiger partial charge in [-0.1, -0.05) is 6.92 Å². The van der Waals surface area contributed by atoms with E-state index < -0.39 is 11.7 Å². The summed E-state index contributed by atoms with van der Waals surface area (Å²) in [6.45, 7) is 5.05. The lowest BCUT2D eigenvalue weighted by Crippen LogP contribution is -2.27. The summed E-state index contributed by atoms with van der Waals surface area (Å²) in [5.41, 5.74) is 5.83. The molecule has 2 N–H and O–H groups in total. The highest BCUT2D eigenvalue weighted by atomic mass is 19.4. The normalized spacial score (nSPS) is 24.0. The maximum absolute atomic E-state index is 12.8. The van der Waals surface area contributed by atoms with Crippen molar-refractivity contribution in [2.45, 2.75) is 39.0 Å². The minimum atomic E-state index is -4.34. The predicted molar refractivity (Wildman–Crippen MR) is 69.9 cm³/mol. The predicted octanol–water partition coefficient (Wildman–Crippen LogP) is 3.40. The van der Waals surface area contributed by atoms with Crippen molar-refractivity contribution in [2.24, 2.45) is 11.7 Å². The van der Waals surface area contributed by atoms with Crippen LogP contribution in [0.1, 0.15) is 31.4 Å². The van der Waals surface area contributed by atoms with Gasteiger partial charge >= 0.3 is 6.18 Å². The molecule has 0 aromatic heterocycles. The molecule has 1 aliphatic heterocycles. The van der Waals surface area contributed by atoms with Crippen LogP contribution >= 0.6 is 0 Å². The fourth-order valence-electron chi connectivity index (χ4n) is 2.86. The van der Waals surface area contributed by atoms with Gasteiger partial charge in [0.2, 0.25) is 0 Å². The molecular weight excluding hydrogens is 253 g/mol. The molecule has 1 aromatic carbocycles. The van der Waals surface area contributed by atoms with Crippen LogP contribution in [0.4, 0.5) is 18.9 Å². The van der Waals surface area contributed by atoms with E-state index in [-0.39, 0.29) is 12.1 Å². The lowest BCUT2D eigenvalue weighted by molar-refractivity contribution is -0.138. The van der Waals surface area contributed by atoms with Crippen molar-refractivity contribution in [1.82, 2.24) is 0 Å². The fraction of sp³-hybridized carbons (Fsp3) is 0.571. The Kier molecular flexibility index (Phi) is 3.76. The number of benzene rings is 1. The Morgan fingerprint density at radius 1 is 1.32 bits per heavy atom. The summed E-state index contributed by atoms with van der Waals surface area (Å²) < 4.78 is 38.4. The molecule has 0 amide bonds. The number of hydrogen-bond donors (Lipinski definition) is 1.